The van der Waals surface area contributed by atoms with Crippen LogP contribution < -0.4 is 0 Å². The Bertz CT molecular complexity index is 362. The number of nitrogens with zero attached hydrogens (tertiary/aromatic N) is 2. The van der Waals surface area contributed by atoms with Gasteiger partial charge in [-0.2, -0.15) is 0 Å². The van der Waals surface area contributed by atoms with Crippen molar-refractivity contribution in [2.75, 3.05) is 13.1 Å². The summed E-state index contributed by atoms with van der Waals surface area (Å²) in [4.78, 5) is 18.4. The maximum Gasteiger partial charge on any atom is 0.222 e. The van der Waals surface area contributed by atoms with Crippen molar-refractivity contribution in [1.29, 1.82) is 0 Å². The van der Waals surface area contributed by atoms with Gasteiger partial charge in [-0.15, -0.1) is 11.3 Å². The molecule has 1 heterocycles. The third-order valence-corrected chi connectivity index (χ3v) is 3.99. The molecule has 0 aliphatic carbocycles. The molecule has 0 aliphatic heterocycles. The van der Waals surface area contributed by atoms with Crippen LogP contribution in [-0.4, -0.2) is 28.9 Å². The maximum absolute atomic E-state index is 12.0. The Hall–Kier alpha value is -0.900. The monoisotopic (exact) mass is 268 g/mol. The van der Waals surface area contributed by atoms with Gasteiger partial charge in [-0.25, -0.2) is 4.98 Å². The molecular weight excluding hydrogens is 244 g/mol. The van der Waals surface area contributed by atoms with Crippen LogP contribution in [0, 0.1) is 6.92 Å². The van der Waals surface area contributed by atoms with E-state index in [1.165, 1.54) is 0 Å². The van der Waals surface area contributed by atoms with Crippen LogP contribution in [0.4, 0.5) is 0 Å². The summed E-state index contributed by atoms with van der Waals surface area (Å²) < 4.78 is 0. The van der Waals surface area contributed by atoms with Crippen LogP contribution in [-0.2, 0) is 11.2 Å². The first-order chi connectivity index (χ1) is 8.67. The lowest BCUT2D eigenvalue weighted by molar-refractivity contribution is -0.131. The van der Waals surface area contributed by atoms with E-state index in [9.17, 15) is 4.79 Å². The van der Waals surface area contributed by atoms with Crippen molar-refractivity contribution in [2.45, 2.75) is 52.9 Å². The van der Waals surface area contributed by atoms with Gasteiger partial charge in [0.2, 0.25) is 5.91 Å². The fraction of sp³-hybridized carbons (Fsp3) is 0.714. The first-order valence-corrected chi connectivity index (χ1v) is 7.74. The van der Waals surface area contributed by atoms with Gasteiger partial charge in [-0.1, -0.05) is 13.3 Å². The summed E-state index contributed by atoms with van der Waals surface area (Å²) in [5.74, 6) is 0.291. The van der Waals surface area contributed by atoms with Crippen LogP contribution in [0.2, 0.25) is 0 Å². The van der Waals surface area contributed by atoms with E-state index in [2.05, 4.69) is 24.2 Å². The van der Waals surface area contributed by atoms with Crippen molar-refractivity contribution in [1.82, 2.24) is 9.88 Å². The molecule has 1 rings (SSSR count). The van der Waals surface area contributed by atoms with Gasteiger partial charge in [-0.3, -0.25) is 4.79 Å². The minimum atomic E-state index is 0.291. The van der Waals surface area contributed by atoms with Gasteiger partial charge in [0.15, 0.2) is 0 Å². The molecule has 102 valence electrons. The molecule has 1 aromatic rings. The highest BCUT2D eigenvalue weighted by Crippen LogP contribution is 2.12. The molecular formula is C14H24N2OS. The molecule has 0 saturated heterocycles. The number of carbonyl (C=O) groups is 1. The lowest BCUT2D eigenvalue weighted by Gasteiger charge is -2.20. The molecule has 1 amide bonds. The number of rotatable bonds is 8. The van der Waals surface area contributed by atoms with Crippen LogP contribution >= 0.6 is 11.3 Å². The minimum Gasteiger partial charge on any atom is -0.343 e. The Kier molecular flexibility index (Phi) is 6.94. The molecule has 0 unspecified atom stereocenters. The van der Waals surface area contributed by atoms with E-state index in [1.54, 1.807) is 11.3 Å². The van der Waals surface area contributed by atoms with Crippen LogP contribution in [0.15, 0.2) is 5.38 Å². The smallest absolute Gasteiger partial charge is 0.222 e. The normalized spacial score (nSPS) is 10.6. The van der Waals surface area contributed by atoms with E-state index < -0.39 is 0 Å². The predicted molar refractivity (Wildman–Crippen MR) is 77.0 cm³/mol. The molecule has 4 heteroatoms. The first-order valence-electron chi connectivity index (χ1n) is 6.86. The largest absolute Gasteiger partial charge is 0.343 e. The third kappa shape index (κ3) is 5.17. The summed E-state index contributed by atoms with van der Waals surface area (Å²) in [6, 6.07) is 0. The van der Waals surface area contributed by atoms with Crippen LogP contribution in [0.1, 0.15) is 50.2 Å². The van der Waals surface area contributed by atoms with Gasteiger partial charge in [0, 0.05) is 30.6 Å². The maximum atomic E-state index is 12.0. The van der Waals surface area contributed by atoms with Gasteiger partial charge in [0.05, 0.1) is 5.01 Å². The van der Waals surface area contributed by atoms with Crippen LogP contribution in [0.25, 0.3) is 0 Å². The zero-order valence-corrected chi connectivity index (χ0v) is 12.6. The Morgan fingerprint density at radius 3 is 2.72 bits per heavy atom. The quantitative estimate of drug-likeness (QED) is 0.724. The van der Waals surface area contributed by atoms with Gasteiger partial charge in [0.25, 0.3) is 0 Å². The molecule has 0 spiro atoms. The second-order valence-corrected chi connectivity index (χ2v) is 5.51. The fourth-order valence-corrected chi connectivity index (χ4v) is 2.69. The lowest BCUT2D eigenvalue weighted by atomic mass is 10.2. The van der Waals surface area contributed by atoms with Crippen molar-refractivity contribution in [3.63, 3.8) is 0 Å². The first kappa shape index (κ1) is 15.2. The minimum absolute atomic E-state index is 0.291. The molecule has 1 aromatic heterocycles. The summed E-state index contributed by atoms with van der Waals surface area (Å²) in [5.41, 5.74) is 1.08. The molecule has 0 bridgehead atoms. The highest BCUT2D eigenvalue weighted by molar-refractivity contribution is 7.09. The molecule has 0 atom stereocenters. The summed E-state index contributed by atoms with van der Waals surface area (Å²) in [6.07, 6.45) is 4.73. The number of unbranched alkanes of at least 4 members (excludes halogenated alkanes) is 1. The number of hydrogen-bond donors (Lipinski definition) is 0. The molecule has 18 heavy (non-hydrogen) atoms. The highest BCUT2D eigenvalue weighted by Gasteiger charge is 2.10. The van der Waals surface area contributed by atoms with Crippen molar-refractivity contribution < 1.29 is 4.79 Å². The summed E-state index contributed by atoms with van der Waals surface area (Å²) >= 11 is 1.69. The van der Waals surface area contributed by atoms with Crippen molar-refractivity contribution >= 4 is 17.2 Å². The number of thiazole rings is 1. The van der Waals surface area contributed by atoms with Crippen molar-refractivity contribution in [3.8, 4) is 0 Å². The Labute approximate surface area is 114 Å². The standard InChI is InChI=1S/C14H24N2OS/c1-4-6-10-16(5-2)14(17)9-7-8-13-15-12(3)11-18-13/h11H,4-10H2,1-3H3. The van der Waals surface area contributed by atoms with E-state index in [1.807, 2.05) is 11.8 Å². The van der Waals surface area contributed by atoms with Crippen LogP contribution in [0.3, 0.4) is 0 Å². The topological polar surface area (TPSA) is 33.2 Å². The van der Waals surface area contributed by atoms with E-state index in [4.69, 9.17) is 0 Å². The van der Waals surface area contributed by atoms with E-state index in [0.29, 0.717) is 12.3 Å². The fourth-order valence-electron chi connectivity index (χ4n) is 1.87. The van der Waals surface area contributed by atoms with E-state index >= 15 is 0 Å². The molecule has 0 saturated carbocycles. The highest BCUT2D eigenvalue weighted by atomic mass is 32.1. The summed E-state index contributed by atoms with van der Waals surface area (Å²) in [6.45, 7) is 7.95. The number of aromatic nitrogens is 1. The zero-order valence-electron chi connectivity index (χ0n) is 11.7. The van der Waals surface area contributed by atoms with Crippen molar-refractivity contribution in [3.05, 3.63) is 16.1 Å². The number of carbonyl (C=O) groups excluding carboxylic acids is 1. The molecule has 0 radical (unpaired) electrons. The Morgan fingerprint density at radius 1 is 1.39 bits per heavy atom. The number of aryl methyl sites for hydroxylation is 2. The van der Waals surface area contributed by atoms with Gasteiger partial charge >= 0.3 is 0 Å². The SMILES string of the molecule is CCCCN(CC)C(=O)CCCc1nc(C)cs1. The lowest BCUT2D eigenvalue weighted by Crippen LogP contribution is -2.31. The zero-order chi connectivity index (χ0) is 13.4. The van der Waals surface area contributed by atoms with Crippen molar-refractivity contribution in [2.24, 2.45) is 0 Å². The van der Waals surface area contributed by atoms with Gasteiger partial charge in [0.1, 0.15) is 0 Å². The second kappa shape index (κ2) is 8.25. The molecule has 0 fully saturated rings. The summed E-state index contributed by atoms with van der Waals surface area (Å²) in [5, 5.41) is 3.22. The average molecular weight is 268 g/mol. The molecule has 0 N–H and O–H groups in total. The molecule has 0 aliphatic rings. The Morgan fingerprint density at radius 2 is 2.17 bits per heavy atom. The second-order valence-electron chi connectivity index (χ2n) is 4.56. The number of hydrogen-bond acceptors (Lipinski definition) is 3. The average Bonchev–Trinajstić information content (AvgIpc) is 2.76. The van der Waals surface area contributed by atoms with E-state index in [0.717, 1.165) is 49.5 Å². The predicted octanol–water partition coefficient (Wildman–Crippen LogP) is 3.42. The summed E-state index contributed by atoms with van der Waals surface area (Å²) in [7, 11) is 0. The molecule has 3 nitrogen and oxygen atoms in total. The Balaban J connectivity index is 2.26. The van der Waals surface area contributed by atoms with Gasteiger partial charge < -0.3 is 4.90 Å². The third-order valence-electron chi connectivity index (χ3n) is 2.96. The van der Waals surface area contributed by atoms with E-state index in [-0.39, 0.29) is 0 Å². The van der Waals surface area contributed by atoms with Crippen LogP contribution in [0.5, 0.6) is 0 Å². The number of amides is 1. The molecule has 0 aromatic carbocycles. The van der Waals surface area contributed by atoms with Gasteiger partial charge in [-0.05, 0) is 33.1 Å².